The molecular weight excluding hydrogens is 258 g/mol. The first-order valence-electron chi connectivity index (χ1n) is 5.63. The second-order valence-electron chi connectivity index (χ2n) is 3.86. The van der Waals surface area contributed by atoms with Crippen molar-refractivity contribution in [1.29, 1.82) is 10.5 Å². The zero-order valence-electron chi connectivity index (χ0n) is 10.3. The highest BCUT2D eigenvalue weighted by molar-refractivity contribution is 6.19. The second-order valence-corrected chi connectivity index (χ2v) is 3.86. The van der Waals surface area contributed by atoms with Gasteiger partial charge in [0.15, 0.2) is 0 Å². The number of hydrogen-bond acceptors (Lipinski definition) is 5. The van der Waals surface area contributed by atoms with Gasteiger partial charge in [-0.2, -0.15) is 10.5 Å². The average molecular weight is 267 g/mol. The number of urea groups is 1. The minimum atomic E-state index is -0.475. The van der Waals surface area contributed by atoms with Crippen molar-refractivity contribution in [3.8, 4) is 12.1 Å². The van der Waals surface area contributed by atoms with Crippen LogP contribution in [0.2, 0.25) is 0 Å². The summed E-state index contributed by atoms with van der Waals surface area (Å²) in [4.78, 5) is 24.1. The van der Waals surface area contributed by atoms with Crippen LogP contribution in [0.1, 0.15) is 0 Å². The molecule has 20 heavy (non-hydrogen) atoms. The first kappa shape index (κ1) is 13.1. The summed E-state index contributed by atoms with van der Waals surface area (Å²) in [6.07, 6.45) is 1.25. The van der Waals surface area contributed by atoms with Gasteiger partial charge in [-0.3, -0.25) is 4.79 Å². The van der Waals surface area contributed by atoms with Crippen molar-refractivity contribution in [2.75, 3.05) is 16.8 Å². The van der Waals surface area contributed by atoms with Crippen LogP contribution in [0.5, 0.6) is 0 Å². The summed E-state index contributed by atoms with van der Waals surface area (Å²) in [6, 6.07) is 9.49. The Hall–Kier alpha value is -3.32. The van der Waals surface area contributed by atoms with Crippen LogP contribution in [0.3, 0.4) is 0 Å². The number of carbonyl (C=O) groups excluding carboxylic acids is 2. The molecule has 0 bridgehead atoms. The van der Waals surface area contributed by atoms with Crippen molar-refractivity contribution >= 4 is 23.3 Å². The van der Waals surface area contributed by atoms with Crippen molar-refractivity contribution in [1.82, 2.24) is 5.32 Å². The summed E-state index contributed by atoms with van der Waals surface area (Å²) in [6.45, 7) is -0.0244. The molecule has 0 aromatic heterocycles. The summed E-state index contributed by atoms with van der Waals surface area (Å²) in [5.41, 5.74) is 0.891. The molecule has 0 saturated carbocycles. The number of imide groups is 1. The first-order valence-corrected chi connectivity index (χ1v) is 5.63. The Morgan fingerprint density at radius 3 is 2.70 bits per heavy atom. The van der Waals surface area contributed by atoms with Crippen molar-refractivity contribution in [2.24, 2.45) is 0 Å². The Morgan fingerprint density at radius 1 is 1.35 bits per heavy atom. The molecule has 7 heteroatoms. The summed E-state index contributed by atoms with van der Waals surface area (Å²) < 4.78 is 0. The van der Waals surface area contributed by atoms with Gasteiger partial charge in [-0.05, 0) is 18.2 Å². The second kappa shape index (κ2) is 5.55. The Labute approximate surface area is 114 Å². The van der Waals surface area contributed by atoms with Crippen LogP contribution in [0, 0.1) is 22.7 Å². The maximum Gasteiger partial charge on any atom is 0.329 e. The molecule has 1 heterocycles. The highest BCUT2D eigenvalue weighted by Crippen LogP contribution is 2.21. The minimum Gasteiger partial charge on any atom is -0.360 e. The Morgan fingerprint density at radius 2 is 2.10 bits per heavy atom. The topological polar surface area (TPSA) is 109 Å². The third-order valence-corrected chi connectivity index (χ3v) is 2.57. The van der Waals surface area contributed by atoms with Gasteiger partial charge in [0.05, 0.1) is 12.2 Å². The SMILES string of the molecule is N#CC(C#N)=CNc1cccc(N2C(=O)CNC2=O)c1. The number of allylic oxidation sites excluding steroid dienone is 1. The van der Waals surface area contributed by atoms with E-state index in [2.05, 4.69) is 10.6 Å². The van der Waals surface area contributed by atoms with Crippen LogP contribution in [0.25, 0.3) is 0 Å². The standard InChI is InChI=1S/C13H9N5O2/c14-5-9(6-15)7-16-10-2-1-3-11(4-10)18-12(19)8-17-13(18)20/h1-4,7,16H,8H2,(H,17,20). The largest absolute Gasteiger partial charge is 0.360 e. The van der Waals surface area contributed by atoms with E-state index in [1.165, 1.54) is 6.20 Å². The molecular formula is C13H9N5O2. The van der Waals surface area contributed by atoms with Crippen molar-refractivity contribution < 1.29 is 9.59 Å². The van der Waals surface area contributed by atoms with E-state index in [1.54, 1.807) is 36.4 Å². The van der Waals surface area contributed by atoms with E-state index in [4.69, 9.17) is 10.5 Å². The maximum atomic E-state index is 11.6. The predicted octanol–water partition coefficient (Wildman–Crippen LogP) is 1.09. The highest BCUT2D eigenvalue weighted by atomic mass is 16.2. The van der Waals surface area contributed by atoms with Crippen LogP contribution in [0.4, 0.5) is 16.2 Å². The molecule has 3 amide bonds. The van der Waals surface area contributed by atoms with E-state index in [0.717, 1.165) is 4.90 Å². The number of rotatable bonds is 3. The summed E-state index contributed by atoms with van der Waals surface area (Å²) in [7, 11) is 0. The number of nitriles is 2. The third-order valence-electron chi connectivity index (χ3n) is 2.57. The van der Waals surface area contributed by atoms with Gasteiger partial charge in [-0.1, -0.05) is 6.07 Å². The van der Waals surface area contributed by atoms with Crippen molar-refractivity contribution in [3.63, 3.8) is 0 Å². The molecule has 2 N–H and O–H groups in total. The molecule has 2 rings (SSSR count). The van der Waals surface area contributed by atoms with E-state index in [-0.39, 0.29) is 18.0 Å². The van der Waals surface area contributed by atoms with Gasteiger partial charge in [-0.15, -0.1) is 0 Å². The fraction of sp³-hybridized carbons (Fsp3) is 0.0769. The number of hydrogen-bond donors (Lipinski definition) is 2. The molecule has 1 aromatic carbocycles. The quantitative estimate of drug-likeness (QED) is 0.629. The number of amides is 3. The zero-order chi connectivity index (χ0) is 14.5. The van der Waals surface area contributed by atoms with Crippen LogP contribution in [-0.2, 0) is 4.79 Å². The average Bonchev–Trinajstić information content (AvgIpc) is 2.79. The molecule has 0 aliphatic carbocycles. The molecule has 0 atom stereocenters. The van der Waals surface area contributed by atoms with Gasteiger partial charge >= 0.3 is 6.03 Å². The van der Waals surface area contributed by atoms with E-state index in [1.807, 2.05) is 0 Å². The van der Waals surface area contributed by atoms with Gasteiger partial charge < -0.3 is 10.6 Å². The van der Waals surface area contributed by atoms with Gasteiger partial charge in [0.2, 0.25) is 0 Å². The molecule has 1 saturated heterocycles. The van der Waals surface area contributed by atoms with Gasteiger partial charge in [0.25, 0.3) is 5.91 Å². The van der Waals surface area contributed by atoms with Gasteiger partial charge in [-0.25, -0.2) is 9.69 Å². The molecule has 0 radical (unpaired) electrons. The lowest BCUT2D eigenvalue weighted by Crippen LogP contribution is -2.30. The van der Waals surface area contributed by atoms with Crippen LogP contribution >= 0.6 is 0 Å². The van der Waals surface area contributed by atoms with Crippen LogP contribution in [0.15, 0.2) is 36.0 Å². The molecule has 98 valence electrons. The van der Waals surface area contributed by atoms with E-state index in [9.17, 15) is 9.59 Å². The normalized spacial score (nSPS) is 13.2. The maximum absolute atomic E-state index is 11.6. The van der Waals surface area contributed by atoms with E-state index >= 15 is 0 Å². The Balaban J connectivity index is 2.23. The lowest BCUT2D eigenvalue weighted by Gasteiger charge is -2.13. The van der Waals surface area contributed by atoms with Crippen LogP contribution in [-0.4, -0.2) is 18.5 Å². The van der Waals surface area contributed by atoms with Gasteiger partial charge in [0.1, 0.15) is 17.7 Å². The fourth-order valence-corrected chi connectivity index (χ4v) is 1.66. The van der Waals surface area contributed by atoms with Crippen LogP contribution < -0.4 is 15.5 Å². The molecule has 7 nitrogen and oxygen atoms in total. The smallest absolute Gasteiger partial charge is 0.329 e. The zero-order valence-corrected chi connectivity index (χ0v) is 10.3. The molecule has 0 spiro atoms. The number of nitrogens with zero attached hydrogens (tertiary/aromatic N) is 3. The highest BCUT2D eigenvalue weighted by Gasteiger charge is 2.29. The summed E-state index contributed by atoms with van der Waals surface area (Å²) in [5, 5.41) is 22.4. The van der Waals surface area contributed by atoms with E-state index < -0.39 is 6.03 Å². The number of anilines is 2. The molecule has 1 aliphatic heterocycles. The first-order chi connectivity index (χ1) is 9.65. The Bertz CT molecular complexity index is 649. The molecule has 0 unspecified atom stereocenters. The predicted molar refractivity (Wildman–Crippen MR) is 70.3 cm³/mol. The number of benzene rings is 1. The van der Waals surface area contributed by atoms with E-state index in [0.29, 0.717) is 11.4 Å². The van der Waals surface area contributed by atoms with Crippen molar-refractivity contribution in [2.45, 2.75) is 0 Å². The summed E-state index contributed by atoms with van der Waals surface area (Å²) in [5.74, 6) is -0.336. The minimum absolute atomic E-state index is 0.0244. The third kappa shape index (κ3) is 2.57. The van der Waals surface area contributed by atoms with Crippen molar-refractivity contribution in [3.05, 3.63) is 36.0 Å². The fourth-order valence-electron chi connectivity index (χ4n) is 1.66. The molecule has 1 fully saturated rings. The lowest BCUT2D eigenvalue weighted by molar-refractivity contribution is -0.115. The monoisotopic (exact) mass is 267 g/mol. The molecule has 1 aromatic rings. The lowest BCUT2D eigenvalue weighted by atomic mass is 10.2. The number of carbonyl (C=O) groups is 2. The number of nitrogens with one attached hydrogen (secondary N) is 2. The Kier molecular flexibility index (Phi) is 3.64. The summed E-state index contributed by atoms with van der Waals surface area (Å²) >= 11 is 0. The van der Waals surface area contributed by atoms with Gasteiger partial charge in [0, 0.05) is 11.9 Å². The molecule has 1 aliphatic rings.